The Kier molecular flexibility index (Phi) is 4.22. The van der Waals surface area contributed by atoms with Crippen molar-refractivity contribution in [3.8, 4) is 0 Å². The van der Waals surface area contributed by atoms with Crippen molar-refractivity contribution in [2.75, 3.05) is 23.3 Å². The lowest BCUT2D eigenvalue weighted by Crippen LogP contribution is -2.37. The number of carbonyl (C=O) groups excluding carboxylic acids is 2. The molecule has 7 heteroatoms. The van der Waals surface area contributed by atoms with Gasteiger partial charge in [0, 0.05) is 25.6 Å². The first-order chi connectivity index (χ1) is 10.6. The van der Waals surface area contributed by atoms with Gasteiger partial charge in [-0.15, -0.1) is 0 Å². The van der Waals surface area contributed by atoms with Gasteiger partial charge in [-0.05, 0) is 25.2 Å². The van der Waals surface area contributed by atoms with E-state index in [4.69, 9.17) is 0 Å². The number of amides is 2. The molecule has 0 aromatic carbocycles. The van der Waals surface area contributed by atoms with Crippen molar-refractivity contribution in [2.45, 2.75) is 38.6 Å². The van der Waals surface area contributed by atoms with Crippen molar-refractivity contribution < 1.29 is 9.59 Å². The second-order valence-electron chi connectivity index (χ2n) is 6.08. The summed E-state index contributed by atoms with van der Waals surface area (Å²) in [5.74, 6) is 1.78. The van der Waals surface area contributed by atoms with Gasteiger partial charge in [-0.2, -0.15) is 0 Å². The summed E-state index contributed by atoms with van der Waals surface area (Å²) in [4.78, 5) is 33.9. The van der Waals surface area contributed by atoms with Gasteiger partial charge < -0.3 is 15.5 Å². The number of nitrogens with zero attached hydrogens (tertiary/aromatic N) is 3. The SMILES string of the molecule is CC1CCN(c2cc(NC(=O)C3CCC(=O)N3)ncn2)CC1. The average molecular weight is 303 g/mol. The number of aromatic nitrogens is 2. The molecule has 2 aliphatic rings. The van der Waals surface area contributed by atoms with Crippen LogP contribution in [-0.4, -0.2) is 40.9 Å². The third kappa shape index (κ3) is 3.35. The monoisotopic (exact) mass is 303 g/mol. The number of carbonyl (C=O) groups is 2. The molecule has 3 heterocycles. The summed E-state index contributed by atoms with van der Waals surface area (Å²) in [6, 6.07) is 1.34. The largest absolute Gasteiger partial charge is 0.356 e. The number of nitrogens with one attached hydrogen (secondary N) is 2. The summed E-state index contributed by atoms with van der Waals surface area (Å²) in [7, 11) is 0. The van der Waals surface area contributed by atoms with Crippen LogP contribution in [0.3, 0.4) is 0 Å². The minimum absolute atomic E-state index is 0.0778. The molecule has 2 aliphatic heterocycles. The van der Waals surface area contributed by atoms with Gasteiger partial charge >= 0.3 is 0 Å². The Morgan fingerprint density at radius 3 is 2.77 bits per heavy atom. The third-order valence-corrected chi connectivity index (χ3v) is 4.32. The second kappa shape index (κ2) is 6.29. The van der Waals surface area contributed by atoms with E-state index in [1.54, 1.807) is 6.07 Å². The normalized spacial score (nSPS) is 22.5. The first-order valence-corrected chi connectivity index (χ1v) is 7.79. The summed E-state index contributed by atoms with van der Waals surface area (Å²) < 4.78 is 0. The van der Waals surface area contributed by atoms with E-state index in [1.807, 2.05) is 0 Å². The highest BCUT2D eigenvalue weighted by molar-refractivity contribution is 5.98. The molecule has 0 saturated carbocycles. The highest BCUT2D eigenvalue weighted by Crippen LogP contribution is 2.22. The summed E-state index contributed by atoms with van der Waals surface area (Å²) in [6.45, 7) is 4.22. The molecule has 1 atom stereocenters. The lowest BCUT2D eigenvalue weighted by molar-refractivity contribution is -0.122. The predicted molar refractivity (Wildman–Crippen MR) is 82.4 cm³/mol. The first-order valence-electron chi connectivity index (χ1n) is 7.79. The molecular weight excluding hydrogens is 282 g/mol. The van der Waals surface area contributed by atoms with Crippen LogP contribution in [0.5, 0.6) is 0 Å². The second-order valence-corrected chi connectivity index (χ2v) is 6.08. The number of rotatable bonds is 3. The number of hydrogen-bond acceptors (Lipinski definition) is 5. The lowest BCUT2D eigenvalue weighted by atomic mass is 9.99. The molecule has 7 nitrogen and oxygen atoms in total. The number of hydrogen-bond donors (Lipinski definition) is 2. The van der Waals surface area contributed by atoms with E-state index >= 15 is 0 Å². The predicted octanol–water partition coefficient (Wildman–Crippen LogP) is 0.930. The maximum atomic E-state index is 12.1. The molecule has 0 bridgehead atoms. The van der Waals surface area contributed by atoms with Gasteiger partial charge in [0.1, 0.15) is 24.0 Å². The van der Waals surface area contributed by atoms with Crippen molar-refractivity contribution in [1.82, 2.24) is 15.3 Å². The van der Waals surface area contributed by atoms with Gasteiger partial charge in [0.2, 0.25) is 11.8 Å². The van der Waals surface area contributed by atoms with Crippen LogP contribution in [0.1, 0.15) is 32.6 Å². The molecule has 3 rings (SSSR count). The Labute approximate surface area is 129 Å². The Hall–Kier alpha value is -2.18. The quantitative estimate of drug-likeness (QED) is 0.867. The minimum Gasteiger partial charge on any atom is -0.356 e. The molecule has 0 spiro atoms. The van der Waals surface area contributed by atoms with E-state index in [0.717, 1.165) is 37.7 Å². The van der Waals surface area contributed by atoms with Gasteiger partial charge in [0.15, 0.2) is 0 Å². The lowest BCUT2D eigenvalue weighted by Gasteiger charge is -2.31. The zero-order valence-electron chi connectivity index (χ0n) is 12.7. The Morgan fingerprint density at radius 2 is 2.09 bits per heavy atom. The van der Waals surface area contributed by atoms with E-state index in [9.17, 15) is 9.59 Å². The Bertz CT molecular complexity index is 569. The van der Waals surface area contributed by atoms with Crippen LogP contribution in [0.25, 0.3) is 0 Å². The van der Waals surface area contributed by atoms with Crippen LogP contribution >= 0.6 is 0 Å². The Morgan fingerprint density at radius 1 is 1.32 bits per heavy atom. The van der Waals surface area contributed by atoms with E-state index in [-0.39, 0.29) is 11.8 Å². The standard InChI is InChI=1S/C15H21N5O2/c1-10-4-6-20(7-5-10)13-8-12(16-9-17-13)19-15(22)11-2-3-14(21)18-11/h8-11H,2-7H2,1H3,(H,18,21)(H,16,17,19,22). The van der Waals surface area contributed by atoms with Crippen LogP contribution in [0.4, 0.5) is 11.6 Å². The van der Waals surface area contributed by atoms with Crippen molar-refractivity contribution in [2.24, 2.45) is 5.92 Å². The smallest absolute Gasteiger partial charge is 0.248 e. The van der Waals surface area contributed by atoms with Gasteiger partial charge in [-0.3, -0.25) is 9.59 Å². The molecule has 2 fully saturated rings. The van der Waals surface area contributed by atoms with Gasteiger partial charge in [0.05, 0.1) is 0 Å². The minimum atomic E-state index is -0.457. The maximum absolute atomic E-state index is 12.1. The highest BCUT2D eigenvalue weighted by atomic mass is 16.2. The van der Waals surface area contributed by atoms with E-state index in [2.05, 4.69) is 32.4 Å². The summed E-state index contributed by atoms with van der Waals surface area (Å²) >= 11 is 0. The fourth-order valence-corrected chi connectivity index (χ4v) is 2.85. The van der Waals surface area contributed by atoms with E-state index < -0.39 is 6.04 Å². The van der Waals surface area contributed by atoms with Crippen LogP contribution in [0, 0.1) is 5.92 Å². The van der Waals surface area contributed by atoms with Gasteiger partial charge in [-0.1, -0.05) is 6.92 Å². The molecular formula is C15H21N5O2. The van der Waals surface area contributed by atoms with Crippen LogP contribution in [0.15, 0.2) is 12.4 Å². The molecule has 22 heavy (non-hydrogen) atoms. The van der Waals surface area contributed by atoms with Crippen LogP contribution in [0.2, 0.25) is 0 Å². The molecule has 0 aliphatic carbocycles. The fourth-order valence-electron chi connectivity index (χ4n) is 2.85. The molecule has 2 amide bonds. The molecule has 2 saturated heterocycles. The van der Waals surface area contributed by atoms with Crippen LogP contribution < -0.4 is 15.5 Å². The molecule has 1 aromatic heterocycles. The zero-order chi connectivity index (χ0) is 15.5. The van der Waals surface area contributed by atoms with Crippen molar-refractivity contribution in [3.63, 3.8) is 0 Å². The average Bonchev–Trinajstić information content (AvgIpc) is 2.95. The van der Waals surface area contributed by atoms with Crippen LogP contribution in [-0.2, 0) is 9.59 Å². The number of piperidine rings is 1. The molecule has 1 aromatic rings. The summed E-state index contributed by atoms with van der Waals surface area (Å²) in [5.41, 5.74) is 0. The highest BCUT2D eigenvalue weighted by Gasteiger charge is 2.27. The van der Waals surface area contributed by atoms with E-state index in [1.165, 1.54) is 6.33 Å². The molecule has 2 N–H and O–H groups in total. The first kappa shape index (κ1) is 14.7. The van der Waals surface area contributed by atoms with Crippen molar-refractivity contribution in [3.05, 3.63) is 12.4 Å². The zero-order valence-corrected chi connectivity index (χ0v) is 12.7. The summed E-state index contributed by atoms with van der Waals surface area (Å²) in [6.07, 6.45) is 4.71. The summed E-state index contributed by atoms with van der Waals surface area (Å²) in [5, 5.41) is 5.41. The number of anilines is 2. The van der Waals surface area contributed by atoms with Gasteiger partial charge in [-0.25, -0.2) is 9.97 Å². The third-order valence-electron chi connectivity index (χ3n) is 4.32. The molecule has 118 valence electrons. The van der Waals surface area contributed by atoms with Gasteiger partial charge in [0.25, 0.3) is 0 Å². The molecule has 1 unspecified atom stereocenters. The topological polar surface area (TPSA) is 87.2 Å². The van der Waals surface area contributed by atoms with Crippen molar-refractivity contribution in [1.29, 1.82) is 0 Å². The molecule has 0 radical (unpaired) electrons. The maximum Gasteiger partial charge on any atom is 0.248 e. The fraction of sp³-hybridized carbons (Fsp3) is 0.600. The Balaban J connectivity index is 1.63. The van der Waals surface area contributed by atoms with E-state index in [0.29, 0.717) is 18.7 Å². The van der Waals surface area contributed by atoms with Crippen molar-refractivity contribution >= 4 is 23.5 Å².